The maximum absolute atomic E-state index is 11.9. The molecule has 3 N–H and O–H groups in total. The zero-order chi connectivity index (χ0) is 11.6. The van der Waals surface area contributed by atoms with Crippen LogP contribution in [0.2, 0.25) is 0 Å². The third-order valence-electron chi connectivity index (χ3n) is 1.73. The zero-order valence-electron chi connectivity index (χ0n) is 7.81. The minimum absolute atomic E-state index is 0.0657. The van der Waals surface area contributed by atoms with Gasteiger partial charge in [0.15, 0.2) is 5.43 Å². The number of nitrogens with one attached hydrogen (secondary N) is 1. The molecule has 0 fully saturated rings. The molecule has 7 heteroatoms. The van der Waals surface area contributed by atoms with E-state index in [-0.39, 0.29) is 17.8 Å². The Hall–Kier alpha value is -1.50. The number of H-pyrrole nitrogens is 1. The first-order valence-electron chi connectivity index (χ1n) is 4.02. The van der Waals surface area contributed by atoms with Gasteiger partial charge in [0.25, 0.3) is 0 Å². The second-order valence-electron chi connectivity index (χ2n) is 2.86. The third kappa shape index (κ3) is 2.98. The molecule has 0 aliphatic carbocycles. The Labute approximate surface area is 82.9 Å². The first-order valence-corrected chi connectivity index (χ1v) is 4.02. The second kappa shape index (κ2) is 3.93. The molecule has 0 unspecified atom stereocenters. The quantitative estimate of drug-likeness (QED) is 0.785. The summed E-state index contributed by atoms with van der Waals surface area (Å²) in [5.41, 5.74) is 4.70. The Kier molecular flexibility index (Phi) is 3.04. The summed E-state index contributed by atoms with van der Waals surface area (Å²) in [7, 11) is 0. The Morgan fingerprint density at radius 3 is 2.60 bits per heavy atom. The minimum Gasteiger partial charge on any atom is -0.390 e. The third-order valence-corrected chi connectivity index (χ3v) is 1.73. The summed E-state index contributed by atoms with van der Waals surface area (Å²) in [5, 5.41) is 0. The average Bonchev–Trinajstić information content (AvgIpc) is 2.10. The van der Waals surface area contributed by atoms with Gasteiger partial charge in [-0.05, 0) is 6.92 Å². The summed E-state index contributed by atoms with van der Waals surface area (Å²) in [6.45, 7) is 1.17. The van der Waals surface area contributed by atoms with Crippen LogP contribution in [0.4, 0.5) is 13.2 Å². The maximum Gasteiger partial charge on any atom is 0.574 e. The van der Waals surface area contributed by atoms with Crippen LogP contribution in [0, 0.1) is 6.92 Å². The molecule has 0 aliphatic rings. The van der Waals surface area contributed by atoms with Crippen LogP contribution in [0.3, 0.4) is 0 Å². The van der Waals surface area contributed by atoms with Crippen molar-refractivity contribution in [3.8, 4) is 5.88 Å². The molecule has 0 saturated heterocycles. The van der Waals surface area contributed by atoms with E-state index >= 15 is 0 Å². The van der Waals surface area contributed by atoms with Crippen LogP contribution < -0.4 is 15.9 Å². The number of nitrogens with two attached hydrogens (primary N) is 1. The van der Waals surface area contributed by atoms with Crippen LogP contribution in [0.1, 0.15) is 11.3 Å². The van der Waals surface area contributed by atoms with E-state index in [2.05, 4.69) is 9.72 Å². The zero-order valence-corrected chi connectivity index (χ0v) is 7.81. The van der Waals surface area contributed by atoms with Crippen LogP contribution in [-0.4, -0.2) is 11.3 Å². The van der Waals surface area contributed by atoms with Gasteiger partial charge >= 0.3 is 6.36 Å². The molecule has 1 aromatic heterocycles. The molecular formula is C8H9F3N2O2. The van der Waals surface area contributed by atoms with Crippen molar-refractivity contribution in [2.45, 2.75) is 19.8 Å². The number of ether oxygens (including phenoxy) is 1. The predicted octanol–water partition coefficient (Wildman–Crippen LogP) is 1.04. The van der Waals surface area contributed by atoms with Crippen LogP contribution >= 0.6 is 0 Å². The molecule has 0 bridgehead atoms. The van der Waals surface area contributed by atoms with E-state index in [0.29, 0.717) is 0 Å². The highest BCUT2D eigenvalue weighted by Gasteiger charge is 2.32. The Bertz CT molecular complexity index is 411. The minimum atomic E-state index is -4.83. The fourth-order valence-electron chi connectivity index (χ4n) is 0.982. The number of aromatic nitrogens is 1. The van der Waals surface area contributed by atoms with Gasteiger partial charge < -0.3 is 15.5 Å². The summed E-state index contributed by atoms with van der Waals surface area (Å²) >= 11 is 0. The van der Waals surface area contributed by atoms with Gasteiger partial charge in [0.05, 0.1) is 5.56 Å². The molecule has 84 valence electrons. The average molecular weight is 222 g/mol. The molecular weight excluding hydrogens is 213 g/mol. The van der Waals surface area contributed by atoms with E-state index in [0.717, 1.165) is 6.07 Å². The van der Waals surface area contributed by atoms with E-state index < -0.39 is 17.7 Å². The summed E-state index contributed by atoms with van der Waals surface area (Å²) in [4.78, 5) is 13.5. The number of hydrogen-bond donors (Lipinski definition) is 2. The molecule has 0 saturated carbocycles. The highest BCUT2D eigenvalue weighted by Crippen LogP contribution is 2.22. The molecule has 1 aromatic rings. The fraction of sp³-hybridized carbons (Fsp3) is 0.375. The molecule has 15 heavy (non-hydrogen) atoms. The van der Waals surface area contributed by atoms with Crippen molar-refractivity contribution in [1.29, 1.82) is 0 Å². The first-order chi connectivity index (χ1) is 6.83. The molecule has 0 aliphatic heterocycles. The SMILES string of the molecule is Cc1c(OC(F)(F)F)[nH]c(CN)cc1=O. The normalized spacial score (nSPS) is 11.5. The van der Waals surface area contributed by atoms with Crippen molar-refractivity contribution in [2.24, 2.45) is 5.73 Å². The predicted molar refractivity (Wildman–Crippen MR) is 46.4 cm³/mol. The molecule has 0 aromatic carbocycles. The van der Waals surface area contributed by atoms with Crippen LogP contribution in [0.5, 0.6) is 5.88 Å². The van der Waals surface area contributed by atoms with Crippen molar-refractivity contribution in [3.63, 3.8) is 0 Å². The lowest BCUT2D eigenvalue weighted by Gasteiger charge is -2.11. The van der Waals surface area contributed by atoms with Crippen molar-refractivity contribution in [1.82, 2.24) is 4.98 Å². The van der Waals surface area contributed by atoms with Crippen LogP contribution in [0.25, 0.3) is 0 Å². The lowest BCUT2D eigenvalue weighted by molar-refractivity contribution is -0.276. The van der Waals surface area contributed by atoms with E-state index in [1.807, 2.05) is 0 Å². The van der Waals surface area contributed by atoms with Crippen molar-refractivity contribution in [3.05, 3.63) is 27.5 Å². The molecule has 0 atom stereocenters. The summed E-state index contributed by atoms with van der Waals surface area (Å²) in [5.74, 6) is -0.615. The van der Waals surface area contributed by atoms with Gasteiger partial charge in [-0.3, -0.25) is 4.79 Å². The van der Waals surface area contributed by atoms with Crippen LogP contribution in [-0.2, 0) is 6.54 Å². The van der Waals surface area contributed by atoms with Gasteiger partial charge in [0, 0.05) is 18.3 Å². The number of halogens is 3. The number of aromatic amines is 1. The topological polar surface area (TPSA) is 68.1 Å². The van der Waals surface area contributed by atoms with Gasteiger partial charge in [-0.15, -0.1) is 13.2 Å². The van der Waals surface area contributed by atoms with Gasteiger partial charge in [-0.25, -0.2) is 0 Å². The second-order valence-corrected chi connectivity index (χ2v) is 2.86. The molecule has 1 rings (SSSR count). The fourth-order valence-corrected chi connectivity index (χ4v) is 0.982. The molecule has 0 amide bonds. The lowest BCUT2D eigenvalue weighted by atomic mass is 10.2. The standard InChI is InChI=1S/C8H9F3N2O2/c1-4-6(14)2-5(3-12)13-7(4)15-8(9,10)11/h2H,3,12H2,1H3,(H,13,14). The largest absolute Gasteiger partial charge is 0.574 e. The summed E-state index contributed by atoms with van der Waals surface area (Å²) in [6, 6.07) is 1.14. The van der Waals surface area contributed by atoms with Crippen molar-refractivity contribution >= 4 is 0 Å². The summed E-state index contributed by atoms with van der Waals surface area (Å²) in [6.07, 6.45) is -4.83. The summed E-state index contributed by atoms with van der Waals surface area (Å²) < 4.78 is 39.4. The molecule has 1 heterocycles. The number of pyridine rings is 1. The number of alkyl halides is 3. The van der Waals surface area contributed by atoms with Gasteiger partial charge in [0.1, 0.15) is 0 Å². The van der Waals surface area contributed by atoms with Crippen LogP contribution in [0.15, 0.2) is 10.9 Å². The number of hydrogen-bond acceptors (Lipinski definition) is 3. The monoisotopic (exact) mass is 222 g/mol. The Balaban J connectivity index is 3.17. The van der Waals surface area contributed by atoms with Gasteiger partial charge in [0.2, 0.25) is 5.88 Å². The molecule has 0 radical (unpaired) electrons. The smallest absolute Gasteiger partial charge is 0.390 e. The van der Waals surface area contributed by atoms with Crippen molar-refractivity contribution < 1.29 is 17.9 Å². The van der Waals surface area contributed by atoms with E-state index in [1.165, 1.54) is 6.92 Å². The highest BCUT2D eigenvalue weighted by atomic mass is 19.4. The van der Waals surface area contributed by atoms with Gasteiger partial charge in [-0.2, -0.15) is 0 Å². The molecule has 4 nitrogen and oxygen atoms in total. The lowest BCUT2D eigenvalue weighted by Crippen LogP contribution is -2.22. The van der Waals surface area contributed by atoms with Crippen molar-refractivity contribution in [2.75, 3.05) is 0 Å². The maximum atomic E-state index is 11.9. The number of rotatable bonds is 2. The highest BCUT2D eigenvalue weighted by molar-refractivity contribution is 5.27. The molecule has 0 spiro atoms. The Morgan fingerprint density at radius 1 is 1.53 bits per heavy atom. The van der Waals surface area contributed by atoms with E-state index in [1.54, 1.807) is 0 Å². The van der Waals surface area contributed by atoms with E-state index in [9.17, 15) is 18.0 Å². The first kappa shape index (κ1) is 11.6. The van der Waals surface area contributed by atoms with Gasteiger partial charge in [-0.1, -0.05) is 0 Å². The van der Waals surface area contributed by atoms with E-state index in [4.69, 9.17) is 5.73 Å². The Morgan fingerprint density at radius 2 is 2.13 bits per heavy atom.